The lowest BCUT2D eigenvalue weighted by Crippen LogP contribution is -2.23. The van der Waals surface area contributed by atoms with E-state index in [1.54, 1.807) is 35.9 Å². The third-order valence-corrected chi connectivity index (χ3v) is 3.27. The second kappa shape index (κ2) is 3.43. The molecule has 0 amide bonds. The summed E-state index contributed by atoms with van der Waals surface area (Å²) in [6.07, 6.45) is 1.24. The highest BCUT2D eigenvalue weighted by Crippen LogP contribution is 2.11. The minimum Gasteiger partial charge on any atom is -0.349 e. The van der Waals surface area contributed by atoms with Crippen LogP contribution in [-0.2, 0) is 17.1 Å². The van der Waals surface area contributed by atoms with E-state index in [1.165, 1.54) is 6.20 Å². The lowest BCUT2D eigenvalue weighted by atomic mass is 10.2. The average Bonchev–Trinajstić information content (AvgIpc) is 2.22. The zero-order valence-electron chi connectivity index (χ0n) is 8.54. The van der Waals surface area contributed by atoms with E-state index in [1.807, 2.05) is 0 Å². The molecule has 5 nitrogen and oxygen atoms in total. The number of aryl methyl sites for hydroxylation is 1. The largest absolute Gasteiger partial charge is 0.349 e. The van der Waals surface area contributed by atoms with Crippen molar-refractivity contribution < 1.29 is 8.42 Å². The van der Waals surface area contributed by atoms with Crippen LogP contribution >= 0.6 is 0 Å². The summed E-state index contributed by atoms with van der Waals surface area (Å²) in [5.74, 6) is 0. The number of sulfonamides is 1. The molecule has 1 heterocycles. The van der Waals surface area contributed by atoms with Crippen molar-refractivity contribution in [3.63, 3.8) is 0 Å². The highest BCUT2D eigenvalue weighted by molar-refractivity contribution is 7.89. The summed E-state index contributed by atoms with van der Waals surface area (Å²) in [7, 11) is -2.32. The van der Waals surface area contributed by atoms with Gasteiger partial charge in [0.1, 0.15) is 4.90 Å². The van der Waals surface area contributed by atoms with E-state index < -0.39 is 15.5 Å². The van der Waals surface area contributed by atoms with E-state index in [0.717, 1.165) is 0 Å². The summed E-state index contributed by atoms with van der Waals surface area (Å²) < 4.78 is 24.0. The molecule has 1 aromatic heterocycles. The predicted molar refractivity (Wildman–Crippen MR) is 60.6 cm³/mol. The van der Waals surface area contributed by atoms with Crippen molar-refractivity contribution in [2.24, 2.45) is 12.2 Å². The Balaban J connectivity index is 3.04. The Morgan fingerprint density at radius 3 is 2.50 bits per heavy atom. The minimum atomic E-state index is -3.98. The van der Waals surface area contributed by atoms with Crippen LogP contribution in [0.5, 0.6) is 0 Å². The van der Waals surface area contributed by atoms with Crippen molar-refractivity contribution in [2.45, 2.75) is 4.90 Å². The van der Waals surface area contributed by atoms with Gasteiger partial charge in [0.05, 0.1) is 5.52 Å². The number of benzene rings is 1. The van der Waals surface area contributed by atoms with Gasteiger partial charge in [-0.25, -0.2) is 13.6 Å². The molecule has 1 aromatic carbocycles. The van der Waals surface area contributed by atoms with Gasteiger partial charge in [0.2, 0.25) is 15.5 Å². The SMILES string of the molecule is Cn1cc(S(N)(=O)=O)c(=O)c2ccccc21. The van der Waals surface area contributed by atoms with E-state index in [0.29, 0.717) is 10.9 Å². The predicted octanol–water partition coefficient (Wildman–Crippen LogP) is 0.186. The van der Waals surface area contributed by atoms with Crippen LogP contribution in [0.4, 0.5) is 0 Å². The second-order valence-electron chi connectivity index (χ2n) is 3.50. The van der Waals surface area contributed by atoms with Crippen molar-refractivity contribution in [1.29, 1.82) is 0 Å². The number of aromatic nitrogens is 1. The Morgan fingerprint density at radius 1 is 1.25 bits per heavy atom. The average molecular weight is 238 g/mol. The monoisotopic (exact) mass is 238 g/mol. The molecule has 16 heavy (non-hydrogen) atoms. The molecule has 2 rings (SSSR count). The molecule has 0 fully saturated rings. The fraction of sp³-hybridized carbons (Fsp3) is 0.100. The van der Waals surface area contributed by atoms with Crippen LogP contribution in [-0.4, -0.2) is 13.0 Å². The molecule has 0 saturated carbocycles. The molecule has 0 radical (unpaired) electrons. The van der Waals surface area contributed by atoms with Crippen LogP contribution in [0.25, 0.3) is 10.9 Å². The molecule has 0 atom stereocenters. The first-order valence-electron chi connectivity index (χ1n) is 4.52. The number of nitrogens with zero attached hydrogens (tertiary/aromatic N) is 1. The van der Waals surface area contributed by atoms with Crippen LogP contribution in [0, 0.1) is 0 Å². The molecule has 6 heteroatoms. The summed E-state index contributed by atoms with van der Waals surface area (Å²) in [5.41, 5.74) is 0.108. The maximum absolute atomic E-state index is 11.9. The minimum absolute atomic E-state index is 0.344. The molecule has 2 aromatic rings. The standard InChI is InChI=1S/C10H10N2O3S/c1-12-6-9(16(11,14)15)10(13)7-4-2-3-5-8(7)12/h2-6H,1H3,(H2,11,14,15). The molecule has 2 N–H and O–H groups in total. The number of primary sulfonamides is 1. The normalized spacial score (nSPS) is 11.9. The summed E-state index contributed by atoms with van der Waals surface area (Å²) in [6, 6.07) is 6.77. The van der Waals surface area contributed by atoms with Gasteiger partial charge >= 0.3 is 0 Å². The fourth-order valence-corrected chi connectivity index (χ4v) is 2.29. The molecular formula is C10H10N2O3S. The molecule has 0 bridgehead atoms. The Hall–Kier alpha value is -1.66. The first kappa shape index (κ1) is 10.8. The van der Waals surface area contributed by atoms with Crippen LogP contribution in [0.2, 0.25) is 0 Å². The Labute approximate surface area is 92.2 Å². The smallest absolute Gasteiger partial charge is 0.243 e. The van der Waals surface area contributed by atoms with Gasteiger partial charge in [-0.05, 0) is 12.1 Å². The number of nitrogens with two attached hydrogens (primary N) is 1. The van der Waals surface area contributed by atoms with E-state index in [-0.39, 0.29) is 4.90 Å². The van der Waals surface area contributed by atoms with Gasteiger partial charge in [-0.2, -0.15) is 0 Å². The van der Waals surface area contributed by atoms with Gasteiger partial charge in [0.15, 0.2) is 0 Å². The summed E-state index contributed by atoms with van der Waals surface area (Å²) in [4.78, 5) is 11.5. The molecule has 0 spiro atoms. The number of pyridine rings is 1. The molecular weight excluding hydrogens is 228 g/mol. The molecule has 0 saturated heterocycles. The fourth-order valence-electron chi connectivity index (χ4n) is 1.61. The summed E-state index contributed by atoms with van der Waals surface area (Å²) >= 11 is 0. The van der Waals surface area contributed by atoms with Gasteiger partial charge < -0.3 is 4.57 Å². The maximum Gasteiger partial charge on any atom is 0.243 e. The topological polar surface area (TPSA) is 82.2 Å². The number of hydrogen-bond acceptors (Lipinski definition) is 3. The highest BCUT2D eigenvalue weighted by Gasteiger charge is 2.15. The zero-order chi connectivity index (χ0) is 11.9. The number of hydrogen-bond donors (Lipinski definition) is 1. The van der Waals surface area contributed by atoms with E-state index in [4.69, 9.17) is 5.14 Å². The van der Waals surface area contributed by atoms with Crippen LogP contribution in [0.15, 0.2) is 40.2 Å². The third-order valence-electron chi connectivity index (χ3n) is 2.37. The van der Waals surface area contributed by atoms with E-state index in [2.05, 4.69) is 0 Å². The van der Waals surface area contributed by atoms with Crippen LogP contribution < -0.4 is 10.6 Å². The number of rotatable bonds is 1. The molecule has 84 valence electrons. The zero-order valence-corrected chi connectivity index (χ0v) is 9.36. The van der Waals surface area contributed by atoms with Gasteiger partial charge in [0.25, 0.3) is 0 Å². The number of fused-ring (bicyclic) bond motifs is 1. The Morgan fingerprint density at radius 2 is 1.88 bits per heavy atom. The highest BCUT2D eigenvalue weighted by atomic mass is 32.2. The molecule has 0 aliphatic rings. The third kappa shape index (κ3) is 1.62. The summed E-state index contributed by atoms with van der Waals surface area (Å²) in [6.45, 7) is 0. The van der Waals surface area contributed by atoms with E-state index >= 15 is 0 Å². The first-order valence-corrected chi connectivity index (χ1v) is 6.07. The van der Waals surface area contributed by atoms with E-state index in [9.17, 15) is 13.2 Å². The van der Waals surface area contributed by atoms with Crippen LogP contribution in [0.1, 0.15) is 0 Å². The first-order chi connectivity index (χ1) is 7.41. The van der Waals surface area contributed by atoms with Gasteiger partial charge in [-0.3, -0.25) is 4.79 Å². The lowest BCUT2D eigenvalue weighted by molar-refractivity contribution is 0.596. The van der Waals surface area contributed by atoms with Gasteiger partial charge in [-0.15, -0.1) is 0 Å². The quantitative estimate of drug-likeness (QED) is 0.769. The molecule has 0 aliphatic carbocycles. The summed E-state index contributed by atoms with van der Waals surface area (Å²) in [5, 5.41) is 5.32. The van der Waals surface area contributed by atoms with Crippen molar-refractivity contribution in [1.82, 2.24) is 4.57 Å². The van der Waals surface area contributed by atoms with Gasteiger partial charge in [-0.1, -0.05) is 12.1 Å². The maximum atomic E-state index is 11.9. The molecule has 0 unspecified atom stereocenters. The van der Waals surface area contributed by atoms with Crippen molar-refractivity contribution in [2.75, 3.05) is 0 Å². The van der Waals surface area contributed by atoms with Gasteiger partial charge in [0, 0.05) is 18.6 Å². The Bertz CT molecular complexity index is 716. The van der Waals surface area contributed by atoms with Crippen LogP contribution in [0.3, 0.4) is 0 Å². The van der Waals surface area contributed by atoms with Crippen molar-refractivity contribution >= 4 is 20.9 Å². The lowest BCUT2D eigenvalue weighted by Gasteiger charge is -2.07. The second-order valence-corrected chi connectivity index (χ2v) is 5.03. The molecule has 0 aliphatic heterocycles. The Kier molecular flexibility index (Phi) is 2.32. The number of para-hydroxylation sites is 1. The van der Waals surface area contributed by atoms with Crippen molar-refractivity contribution in [3.8, 4) is 0 Å². The van der Waals surface area contributed by atoms with Crippen molar-refractivity contribution in [3.05, 3.63) is 40.7 Å².